The van der Waals surface area contributed by atoms with Gasteiger partial charge in [0, 0.05) is 12.6 Å². The van der Waals surface area contributed by atoms with Gasteiger partial charge >= 0.3 is 6.03 Å². The second-order valence-electron chi connectivity index (χ2n) is 4.85. The molecule has 0 saturated carbocycles. The summed E-state index contributed by atoms with van der Waals surface area (Å²) < 4.78 is 5.11. The van der Waals surface area contributed by atoms with Crippen LogP contribution in [0.1, 0.15) is 11.1 Å². The third kappa shape index (κ3) is 4.13. The van der Waals surface area contributed by atoms with Gasteiger partial charge in [-0.05, 0) is 24.6 Å². The minimum Gasteiger partial charge on any atom is -0.497 e. The van der Waals surface area contributed by atoms with Crippen LogP contribution in [0.25, 0.3) is 0 Å². The number of nitrogens with two attached hydrogens (primary N) is 1. The molecule has 0 aromatic heterocycles. The van der Waals surface area contributed by atoms with Crippen LogP contribution in [-0.4, -0.2) is 13.1 Å². The first-order chi connectivity index (χ1) is 10.6. The molecule has 6 heteroatoms. The van der Waals surface area contributed by atoms with E-state index in [4.69, 9.17) is 10.6 Å². The van der Waals surface area contributed by atoms with Gasteiger partial charge in [0.05, 0.1) is 18.5 Å². The van der Waals surface area contributed by atoms with Crippen molar-refractivity contribution in [3.63, 3.8) is 0 Å². The highest BCUT2D eigenvalue weighted by Crippen LogP contribution is 2.26. The van der Waals surface area contributed by atoms with Gasteiger partial charge in [0.2, 0.25) is 0 Å². The average Bonchev–Trinajstić information content (AvgIpc) is 2.53. The number of nitrogen functional groups attached to an aromatic ring is 1. The zero-order valence-corrected chi connectivity index (χ0v) is 12.6. The summed E-state index contributed by atoms with van der Waals surface area (Å²) >= 11 is 0. The minimum absolute atomic E-state index is 0.303. The summed E-state index contributed by atoms with van der Waals surface area (Å²) in [5.41, 5.74) is 5.88. The van der Waals surface area contributed by atoms with Gasteiger partial charge in [-0.25, -0.2) is 4.79 Å². The summed E-state index contributed by atoms with van der Waals surface area (Å²) in [4.78, 5) is 12.0. The van der Waals surface area contributed by atoms with Crippen molar-refractivity contribution >= 4 is 17.4 Å². The van der Waals surface area contributed by atoms with Crippen molar-refractivity contribution in [1.82, 2.24) is 5.32 Å². The predicted octanol–water partition coefficient (Wildman–Crippen LogP) is 2.61. The summed E-state index contributed by atoms with van der Waals surface area (Å²) in [6, 6.07) is 12.8. The smallest absolute Gasteiger partial charge is 0.319 e. The number of ether oxygens (including phenoxy) is 1. The van der Waals surface area contributed by atoms with E-state index >= 15 is 0 Å². The van der Waals surface area contributed by atoms with E-state index in [9.17, 15) is 4.79 Å². The largest absolute Gasteiger partial charge is 0.497 e. The number of rotatable bonds is 5. The number of methoxy groups -OCH3 is 1. The molecule has 2 amide bonds. The Labute approximate surface area is 129 Å². The number of amides is 2. The monoisotopic (exact) mass is 300 g/mol. The van der Waals surface area contributed by atoms with E-state index in [0.717, 1.165) is 11.1 Å². The van der Waals surface area contributed by atoms with Crippen molar-refractivity contribution in [2.45, 2.75) is 13.5 Å². The van der Waals surface area contributed by atoms with Crippen molar-refractivity contribution in [3.8, 4) is 5.75 Å². The lowest BCUT2D eigenvalue weighted by atomic mass is 10.1. The number of carbonyl (C=O) groups is 1. The van der Waals surface area contributed by atoms with E-state index in [1.54, 1.807) is 25.3 Å². The number of aryl methyl sites for hydroxylation is 1. The summed E-state index contributed by atoms with van der Waals surface area (Å²) in [7, 11) is 1.57. The number of hydrazine groups is 1. The molecule has 0 heterocycles. The van der Waals surface area contributed by atoms with Gasteiger partial charge in [0.1, 0.15) is 5.75 Å². The van der Waals surface area contributed by atoms with Crippen molar-refractivity contribution < 1.29 is 9.53 Å². The molecule has 5 N–H and O–H groups in total. The van der Waals surface area contributed by atoms with Gasteiger partial charge in [-0.1, -0.05) is 29.8 Å². The van der Waals surface area contributed by atoms with E-state index in [1.165, 1.54) is 0 Å². The van der Waals surface area contributed by atoms with E-state index in [1.807, 2.05) is 31.2 Å². The van der Waals surface area contributed by atoms with Crippen molar-refractivity contribution in [3.05, 3.63) is 53.6 Å². The summed E-state index contributed by atoms with van der Waals surface area (Å²) in [5.74, 6) is 6.11. The van der Waals surface area contributed by atoms with Gasteiger partial charge in [-0.15, -0.1) is 0 Å². The van der Waals surface area contributed by atoms with E-state index < -0.39 is 0 Å². The Morgan fingerprint density at radius 2 is 2.00 bits per heavy atom. The first-order valence-electron chi connectivity index (χ1n) is 6.87. The Morgan fingerprint density at radius 1 is 1.18 bits per heavy atom. The molecule has 2 rings (SSSR count). The average molecular weight is 300 g/mol. The molecule has 22 heavy (non-hydrogen) atoms. The van der Waals surface area contributed by atoms with Crippen molar-refractivity contribution in [2.75, 3.05) is 17.9 Å². The molecule has 0 aliphatic carbocycles. The topological polar surface area (TPSA) is 88.4 Å². The molecule has 0 radical (unpaired) electrons. The maximum atomic E-state index is 12.0. The highest BCUT2D eigenvalue weighted by molar-refractivity contribution is 5.93. The van der Waals surface area contributed by atoms with Crippen LogP contribution in [0.4, 0.5) is 16.2 Å². The Morgan fingerprint density at radius 3 is 2.68 bits per heavy atom. The summed E-state index contributed by atoms with van der Waals surface area (Å²) in [6.45, 7) is 2.47. The summed E-state index contributed by atoms with van der Waals surface area (Å²) in [5, 5.41) is 5.55. The van der Waals surface area contributed by atoms with Crippen molar-refractivity contribution in [1.29, 1.82) is 0 Å². The molecule has 0 spiro atoms. The number of anilines is 2. The van der Waals surface area contributed by atoms with Crippen molar-refractivity contribution in [2.24, 2.45) is 5.84 Å². The third-order valence-electron chi connectivity index (χ3n) is 3.17. The Bertz CT molecular complexity index is 658. The van der Waals surface area contributed by atoms with Gasteiger partial charge in [0.25, 0.3) is 0 Å². The lowest BCUT2D eigenvalue weighted by Gasteiger charge is -2.13. The summed E-state index contributed by atoms with van der Waals surface area (Å²) in [6.07, 6.45) is 0. The Kier molecular flexibility index (Phi) is 5.21. The SMILES string of the molecule is COc1ccc(NC(=O)NCc2cccc(C)c2)c(NN)c1. The molecule has 0 aliphatic rings. The standard InChI is InChI=1S/C16H20N4O2/c1-11-4-3-5-12(8-11)10-18-16(21)19-14-7-6-13(22-2)9-15(14)20-17/h3-9,20H,10,17H2,1-2H3,(H2,18,19,21). The van der Waals surface area contributed by atoms with E-state index in [0.29, 0.717) is 23.7 Å². The number of carbonyl (C=O) groups excluding carboxylic acids is 1. The number of hydrogen-bond donors (Lipinski definition) is 4. The quantitative estimate of drug-likeness (QED) is 0.505. The second kappa shape index (κ2) is 7.33. The maximum absolute atomic E-state index is 12.0. The fraction of sp³-hybridized carbons (Fsp3) is 0.188. The minimum atomic E-state index is -0.303. The number of benzene rings is 2. The molecule has 6 nitrogen and oxygen atoms in total. The number of hydrogen-bond acceptors (Lipinski definition) is 4. The van der Waals surface area contributed by atoms with Crippen LogP contribution in [0.2, 0.25) is 0 Å². The van der Waals surface area contributed by atoms with Crippen LogP contribution < -0.4 is 26.6 Å². The molecular formula is C16H20N4O2. The van der Waals surface area contributed by atoms with Gasteiger partial charge in [0.15, 0.2) is 0 Å². The lowest BCUT2D eigenvalue weighted by molar-refractivity contribution is 0.251. The fourth-order valence-corrected chi connectivity index (χ4v) is 2.05. The van der Waals surface area contributed by atoms with Crippen LogP contribution in [-0.2, 0) is 6.54 Å². The zero-order chi connectivity index (χ0) is 15.9. The molecule has 0 bridgehead atoms. The van der Waals surface area contributed by atoms with Gasteiger partial charge < -0.3 is 20.8 Å². The second-order valence-corrected chi connectivity index (χ2v) is 4.85. The van der Waals surface area contributed by atoms with Gasteiger partial charge in [-0.3, -0.25) is 5.84 Å². The zero-order valence-electron chi connectivity index (χ0n) is 12.6. The van der Waals surface area contributed by atoms with E-state index in [2.05, 4.69) is 16.1 Å². The molecule has 2 aromatic carbocycles. The predicted molar refractivity (Wildman–Crippen MR) is 87.8 cm³/mol. The molecule has 0 atom stereocenters. The lowest BCUT2D eigenvalue weighted by Crippen LogP contribution is -2.28. The van der Waals surface area contributed by atoms with Gasteiger partial charge in [-0.2, -0.15) is 0 Å². The normalized spacial score (nSPS) is 9.95. The van der Waals surface area contributed by atoms with Crippen LogP contribution in [0, 0.1) is 6.92 Å². The molecule has 2 aromatic rings. The van der Waals surface area contributed by atoms with Crippen LogP contribution in [0.3, 0.4) is 0 Å². The molecule has 0 unspecified atom stereocenters. The first kappa shape index (κ1) is 15.7. The molecule has 0 saturated heterocycles. The third-order valence-corrected chi connectivity index (χ3v) is 3.17. The maximum Gasteiger partial charge on any atom is 0.319 e. The highest BCUT2D eigenvalue weighted by atomic mass is 16.5. The number of nitrogens with one attached hydrogen (secondary N) is 3. The molecule has 0 aliphatic heterocycles. The van der Waals surface area contributed by atoms with Crippen LogP contribution >= 0.6 is 0 Å². The fourth-order valence-electron chi connectivity index (χ4n) is 2.05. The van der Waals surface area contributed by atoms with Crippen LogP contribution in [0.5, 0.6) is 5.75 Å². The first-order valence-corrected chi connectivity index (χ1v) is 6.87. The molecule has 116 valence electrons. The van der Waals surface area contributed by atoms with Crippen LogP contribution in [0.15, 0.2) is 42.5 Å². The Hall–Kier alpha value is -2.73. The molecular weight excluding hydrogens is 280 g/mol. The Balaban J connectivity index is 1.97. The van der Waals surface area contributed by atoms with E-state index in [-0.39, 0.29) is 6.03 Å². The number of urea groups is 1. The highest BCUT2D eigenvalue weighted by Gasteiger charge is 2.07. The molecule has 0 fully saturated rings.